The highest BCUT2D eigenvalue weighted by atomic mass is 79.9. The molecule has 2 aromatic rings. The third kappa shape index (κ3) is 6.04. The van der Waals surface area contributed by atoms with Gasteiger partial charge in [0.2, 0.25) is 0 Å². The van der Waals surface area contributed by atoms with Gasteiger partial charge in [0.15, 0.2) is 6.61 Å². The standard InChI is InChI=1S/C18H18BrNO4/c1-13-4-2-3-5-16(13)23-11-10-18(22)24-12-17(21)20-15-8-6-14(19)7-9-15/h2-9H,10-12H2,1H3,(H,20,21). The molecule has 0 unspecified atom stereocenters. The maximum atomic E-state index is 11.7. The van der Waals surface area contributed by atoms with Crippen LogP contribution in [0, 0.1) is 6.92 Å². The average Bonchev–Trinajstić information content (AvgIpc) is 2.57. The SMILES string of the molecule is Cc1ccccc1OCCC(=O)OCC(=O)Nc1ccc(Br)cc1. The molecule has 5 nitrogen and oxygen atoms in total. The number of hydrogen-bond acceptors (Lipinski definition) is 4. The fourth-order valence-corrected chi connectivity index (χ4v) is 2.18. The van der Waals surface area contributed by atoms with Crippen molar-refractivity contribution in [1.29, 1.82) is 0 Å². The number of carbonyl (C=O) groups is 2. The molecule has 0 heterocycles. The average molecular weight is 392 g/mol. The van der Waals surface area contributed by atoms with Crippen LogP contribution in [0.2, 0.25) is 0 Å². The Balaban J connectivity index is 1.66. The fourth-order valence-electron chi connectivity index (χ4n) is 1.91. The number of halogens is 1. The summed E-state index contributed by atoms with van der Waals surface area (Å²) < 4.78 is 11.4. The van der Waals surface area contributed by atoms with E-state index < -0.39 is 5.97 Å². The molecule has 126 valence electrons. The number of para-hydroxylation sites is 1. The second-order valence-electron chi connectivity index (χ2n) is 5.08. The van der Waals surface area contributed by atoms with Gasteiger partial charge in [-0.25, -0.2) is 0 Å². The van der Waals surface area contributed by atoms with E-state index in [1.807, 2.05) is 43.3 Å². The zero-order chi connectivity index (χ0) is 17.4. The molecule has 0 aliphatic carbocycles. The van der Waals surface area contributed by atoms with Crippen LogP contribution in [0.15, 0.2) is 53.0 Å². The number of rotatable bonds is 7. The lowest BCUT2D eigenvalue weighted by molar-refractivity contribution is -0.147. The maximum absolute atomic E-state index is 11.7. The van der Waals surface area contributed by atoms with Gasteiger partial charge in [-0.15, -0.1) is 0 Å². The number of anilines is 1. The number of aryl methyl sites for hydroxylation is 1. The van der Waals surface area contributed by atoms with Crippen LogP contribution in [0.4, 0.5) is 5.69 Å². The predicted octanol–water partition coefficient (Wildman–Crippen LogP) is 3.71. The molecule has 0 radical (unpaired) electrons. The first-order valence-electron chi connectivity index (χ1n) is 7.44. The monoisotopic (exact) mass is 391 g/mol. The molecule has 0 fully saturated rings. The van der Waals surface area contributed by atoms with E-state index in [0.717, 1.165) is 15.8 Å². The van der Waals surface area contributed by atoms with Crippen molar-refractivity contribution < 1.29 is 19.1 Å². The zero-order valence-corrected chi connectivity index (χ0v) is 14.8. The molecule has 0 spiro atoms. The van der Waals surface area contributed by atoms with Gasteiger partial charge in [0, 0.05) is 10.2 Å². The molecule has 0 saturated heterocycles. The van der Waals surface area contributed by atoms with Crippen LogP contribution in [0.25, 0.3) is 0 Å². The van der Waals surface area contributed by atoms with Crippen LogP contribution in [-0.2, 0) is 14.3 Å². The Kier molecular flexibility index (Phi) is 6.81. The summed E-state index contributed by atoms with van der Waals surface area (Å²) in [6.45, 7) is 1.82. The zero-order valence-electron chi connectivity index (χ0n) is 13.3. The molecule has 2 rings (SSSR count). The first-order valence-corrected chi connectivity index (χ1v) is 8.23. The summed E-state index contributed by atoms with van der Waals surface area (Å²) in [5.74, 6) is -0.127. The summed E-state index contributed by atoms with van der Waals surface area (Å²) in [4.78, 5) is 23.3. The Labute approximate surface area is 149 Å². The van der Waals surface area contributed by atoms with Gasteiger partial charge in [-0.1, -0.05) is 34.1 Å². The first kappa shape index (κ1) is 18.0. The lowest BCUT2D eigenvalue weighted by atomic mass is 10.2. The number of esters is 1. The van der Waals surface area contributed by atoms with Gasteiger partial charge in [-0.3, -0.25) is 9.59 Å². The number of carbonyl (C=O) groups excluding carboxylic acids is 2. The molecule has 1 N–H and O–H groups in total. The molecule has 1 amide bonds. The predicted molar refractivity (Wildman–Crippen MR) is 95.0 cm³/mol. The Morgan fingerprint density at radius 3 is 2.50 bits per heavy atom. The van der Waals surface area contributed by atoms with Gasteiger partial charge in [0.05, 0.1) is 13.0 Å². The Morgan fingerprint density at radius 2 is 1.79 bits per heavy atom. The van der Waals surface area contributed by atoms with E-state index in [-0.39, 0.29) is 25.5 Å². The molecule has 0 aromatic heterocycles. The van der Waals surface area contributed by atoms with E-state index in [9.17, 15) is 9.59 Å². The van der Waals surface area contributed by atoms with Crippen LogP contribution in [0.1, 0.15) is 12.0 Å². The highest BCUT2D eigenvalue weighted by Crippen LogP contribution is 2.16. The lowest BCUT2D eigenvalue weighted by Crippen LogP contribution is -2.21. The third-order valence-electron chi connectivity index (χ3n) is 3.15. The van der Waals surface area contributed by atoms with Gasteiger partial charge in [0.25, 0.3) is 5.91 Å². The van der Waals surface area contributed by atoms with Gasteiger partial charge in [-0.05, 0) is 42.8 Å². The highest BCUT2D eigenvalue weighted by Gasteiger charge is 2.08. The molecule has 0 bridgehead atoms. The molecule has 0 saturated carbocycles. The lowest BCUT2D eigenvalue weighted by Gasteiger charge is -2.09. The van der Waals surface area contributed by atoms with Crippen molar-refractivity contribution in [1.82, 2.24) is 0 Å². The van der Waals surface area contributed by atoms with E-state index >= 15 is 0 Å². The molecular formula is C18H18BrNO4. The first-order chi connectivity index (χ1) is 11.5. The summed E-state index contributed by atoms with van der Waals surface area (Å²) in [6, 6.07) is 14.7. The number of hydrogen-bond donors (Lipinski definition) is 1. The molecule has 0 aliphatic rings. The van der Waals surface area contributed by atoms with Crippen molar-refractivity contribution in [3.05, 3.63) is 58.6 Å². The third-order valence-corrected chi connectivity index (χ3v) is 3.68. The number of nitrogens with one attached hydrogen (secondary N) is 1. The smallest absolute Gasteiger partial charge is 0.309 e. The van der Waals surface area contributed by atoms with Crippen LogP contribution >= 0.6 is 15.9 Å². The minimum Gasteiger partial charge on any atom is -0.493 e. The quantitative estimate of drug-likeness (QED) is 0.730. The van der Waals surface area contributed by atoms with Gasteiger partial charge >= 0.3 is 5.97 Å². The minimum atomic E-state index is -0.477. The normalized spacial score (nSPS) is 10.1. The van der Waals surface area contributed by atoms with Crippen molar-refractivity contribution in [3.8, 4) is 5.75 Å². The Hall–Kier alpha value is -2.34. The van der Waals surface area contributed by atoms with Crippen LogP contribution in [0.5, 0.6) is 5.75 Å². The molecule has 2 aromatic carbocycles. The van der Waals surface area contributed by atoms with Crippen LogP contribution in [-0.4, -0.2) is 25.1 Å². The van der Waals surface area contributed by atoms with Crippen molar-refractivity contribution in [3.63, 3.8) is 0 Å². The van der Waals surface area contributed by atoms with Gasteiger partial charge in [-0.2, -0.15) is 0 Å². The summed E-state index contributed by atoms with van der Waals surface area (Å²) in [7, 11) is 0. The van der Waals surface area contributed by atoms with Crippen LogP contribution < -0.4 is 10.1 Å². The number of benzene rings is 2. The van der Waals surface area contributed by atoms with Crippen molar-refractivity contribution >= 4 is 33.5 Å². The molecule has 6 heteroatoms. The summed E-state index contributed by atoms with van der Waals surface area (Å²) in [6.07, 6.45) is 0.0832. The minimum absolute atomic E-state index is 0.0832. The van der Waals surface area contributed by atoms with E-state index in [2.05, 4.69) is 21.2 Å². The molecule has 24 heavy (non-hydrogen) atoms. The van der Waals surface area contributed by atoms with Gasteiger partial charge < -0.3 is 14.8 Å². The van der Waals surface area contributed by atoms with E-state index in [1.165, 1.54) is 0 Å². The van der Waals surface area contributed by atoms with Gasteiger partial charge in [0.1, 0.15) is 5.75 Å². The molecule has 0 aliphatic heterocycles. The summed E-state index contributed by atoms with van der Waals surface area (Å²) in [5, 5.41) is 2.65. The summed E-state index contributed by atoms with van der Waals surface area (Å²) >= 11 is 3.31. The van der Waals surface area contributed by atoms with Crippen molar-refractivity contribution in [2.24, 2.45) is 0 Å². The van der Waals surface area contributed by atoms with Crippen LogP contribution in [0.3, 0.4) is 0 Å². The van der Waals surface area contributed by atoms with Crippen molar-refractivity contribution in [2.75, 3.05) is 18.5 Å². The van der Waals surface area contributed by atoms with Crippen molar-refractivity contribution in [2.45, 2.75) is 13.3 Å². The Bertz CT molecular complexity index is 700. The highest BCUT2D eigenvalue weighted by molar-refractivity contribution is 9.10. The second kappa shape index (κ2) is 9.08. The maximum Gasteiger partial charge on any atom is 0.309 e. The Morgan fingerprint density at radius 1 is 1.08 bits per heavy atom. The molecular weight excluding hydrogens is 374 g/mol. The van der Waals surface area contributed by atoms with E-state index in [1.54, 1.807) is 12.1 Å². The number of ether oxygens (including phenoxy) is 2. The second-order valence-corrected chi connectivity index (χ2v) is 6.00. The largest absolute Gasteiger partial charge is 0.493 e. The molecule has 0 atom stereocenters. The van der Waals surface area contributed by atoms with E-state index in [4.69, 9.17) is 9.47 Å². The summed E-state index contributed by atoms with van der Waals surface area (Å²) in [5.41, 5.74) is 1.64. The van der Waals surface area contributed by atoms with E-state index in [0.29, 0.717) is 5.69 Å². The fraction of sp³-hybridized carbons (Fsp3) is 0.222. The topological polar surface area (TPSA) is 64.6 Å². The number of amides is 1.